The van der Waals surface area contributed by atoms with Gasteiger partial charge in [0.2, 0.25) is 0 Å². The van der Waals surface area contributed by atoms with Gasteiger partial charge in [-0.3, -0.25) is 4.79 Å². The van der Waals surface area contributed by atoms with Gasteiger partial charge in [-0.2, -0.15) is 0 Å². The van der Waals surface area contributed by atoms with Crippen LogP contribution in [0.25, 0.3) is 0 Å². The molecule has 0 bridgehead atoms. The molecule has 1 fully saturated rings. The van der Waals surface area contributed by atoms with Gasteiger partial charge in [0.05, 0.1) is 6.10 Å². The molecule has 0 spiro atoms. The minimum absolute atomic E-state index is 0.0486. The molecule has 2 nitrogen and oxygen atoms in total. The first kappa shape index (κ1) is 9.47. The molecule has 0 saturated carbocycles. The Morgan fingerprint density at radius 1 is 1.60 bits per heavy atom. The minimum atomic E-state index is -0.0486. The molecule has 60 valence electrons. The summed E-state index contributed by atoms with van der Waals surface area (Å²) < 4.78 is 4.72. The Kier molecular flexibility index (Phi) is 4.99. The molecule has 0 radical (unpaired) electrons. The molecular weight excluding hydrogens is 128 g/mol. The Labute approximate surface area is 62.6 Å². The van der Waals surface area contributed by atoms with Crippen LogP contribution in [0.5, 0.6) is 0 Å². The first-order valence-corrected chi connectivity index (χ1v) is 3.90. The SMILES string of the molecule is CC1CCC(=O)O1.CCC. The zero-order valence-corrected chi connectivity index (χ0v) is 7.02. The Bertz CT molecular complexity index is 99.4. The smallest absolute Gasteiger partial charge is 0.306 e. The molecule has 0 amide bonds. The van der Waals surface area contributed by atoms with E-state index >= 15 is 0 Å². The van der Waals surface area contributed by atoms with Gasteiger partial charge in [-0.05, 0) is 13.3 Å². The number of cyclic esters (lactones) is 1. The van der Waals surface area contributed by atoms with Crippen molar-refractivity contribution < 1.29 is 9.53 Å². The molecule has 0 aromatic heterocycles. The van der Waals surface area contributed by atoms with Gasteiger partial charge < -0.3 is 4.74 Å². The molecule has 0 aromatic carbocycles. The van der Waals surface area contributed by atoms with Crippen molar-refractivity contribution in [1.82, 2.24) is 0 Å². The fraction of sp³-hybridized carbons (Fsp3) is 0.875. The Morgan fingerprint density at radius 2 is 2.10 bits per heavy atom. The summed E-state index contributed by atoms with van der Waals surface area (Å²) in [6.45, 7) is 6.16. The Balaban J connectivity index is 0.000000236. The van der Waals surface area contributed by atoms with Crippen LogP contribution in [0.15, 0.2) is 0 Å². The summed E-state index contributed by atoms with van der Waals surface area (Å²) in [5.74, 6) is -0.0486. The van der Waals surface area contributed by atoms with E-state index in [0.717, 1.165) is 6.42 Å². The van der Waals surface area contributed by atoms with Crippen LogP contribution in [0.2, 0.25) is 0 Å². The lowest BCUT2D eigenvalue weighted by molar-refractivity contribution is -0.140. The van der Waals surface area contributed by atoms with Crippen molar-refractivity contribution in [2.75, 3.05) is 0 Å². The van der Waals surface area contributed by atoms with Crippen molar-refractivity contribution in [2.45, 2.75) is 46.1 Å². The second kappa shape index (κ2) is 5.27. The third-order valence-electron chi connectivity index (χ3n) is 1.09. The highest BCUT2D eigenvalue weighted by Crippen LogP contribution is 2.11. The van der Waals surface area contributed by atoms with Gasteiger partial charge in [-0.1, -0.05) is 20.3 Å². The molecule has 1 heterocycles. The van der Waals surface area contributed by atoms with Crippen molar-refractivity contribution in [3.8, 4) is 0 Å². The molecule has 1 saturated heterocycles. The fourth-order valence-electron chi connectivity index (χ4n) is 0.663. The largest absolute Gasteiger partial charge is 0.463 e. The molecule has 1 rings (SSSR count). The van der Waals surface area contributed by atoms with E-state index in [4.69, 9.17) is 4.74 Å². The van der Waals surface area contributed by atoms with Gasteiger partial charge in [0.25, 0.3) is 0 Å². The van der Waals surface area contributed by atoms with Gasteiger partial charge >= 0.3 is 5.97 Å². The van der Waals surface area contributed by atoms with Crippen molar-refractivity contribution >= 4 is 5.97 Å². The third-order valence-corrected chi connectivity index (χ3v) is 1.09. The number of carbonyl (C=O) groups is 1. The number of esters is 1. The number of hydrogen-bond acceptors (Lipinski definition) is 2. The second-order valence-electron chi connectivity index (χ2n) is 2.55. The molecule has 10 heavy (non-hydrogen) atoms. The van der Waals surface area contributed by atoms with Gasteiger partial charge in [-0.15, -0.1) is 0 Å². The zero-order valence-electron chi connectivity index (χ0n) is 7.02. The average molecular weight is 144 g/mol. The van der Waals surface area contributed by atoms with E-state index < -0.39 is 0 Å². The van der Waals surface area contributed by atoms with Crippen molar-refractivity contribution in [2.24, 2.45) is 0 Å². The van der Waals surface area contributed by atoms with Crippen molar-refractivity contribution in [3.05, 3.63) is 0 Å². The lowest BCUT2D eigenvalue weighted by atomic mass is 10.3. The molecular formula is C8H16O2. The summed E-state index contributed by atoms with van der Waals surface area (Å²) >= 11 is 0. The number of rotatable bonds is 0. The summed E-state index contributed by atoms with van der Waals surface area (Å²) in [4.78, 5) is 10.2. The summed E-state index contributed by atoms with van der Waals surface area (Å²) in [5, 5.41) is 0. The molecule has 0 N–H and O–H groups in total. The molecule has 1 aliphatic heterocycles. The molecule has 0 aliphatic carbocycles. The summed E-state index contributed by atoms with van der Waals surface area (Å²) in [5.41, 5.74) is 0. The zero-order chi connectivity index (χ0) is 7.98. The third kappa shape index (κ3) is 4.36. The topological polar surface area (TPSA) is 26.3 Å². The predicted molar refractivity (Wildman–Crippen MR) is 40.8 cm³/mol. The Hall–Kier alpha value is -0.530. The number of carbonyl (C=O) groups excluding carboxylic acids is 1. The maximum atomic E-state index is 10.2. The maximum Gasteiger partial charge on any atom is 0.306 e. The van der Waals surface area contributed by atoms with E-state index in [2.05, 4.69) is 13.8 Å². The first-order valence-electron chi connectivity index (χ1n) is 3.90. The maximum absolute atomic E-state index is 10.2. The van der Waals surface area contributed by atoms with E-state index in [0.29, 0.717) is 6.42 Å². The lowest BCUT2D eigenvalue weighted by Gasteiger charge is -1.95. The van der Waals surface area contributed by atoms with Crippen LogP contribution in [0, 0.1) is 0 Å². The van der Waals surface area contributed by atoms with E-state index in [1.807, 2.05) is 6.92 Å². The van der Waals surface area contributed by atoms with E-state index in [1.54, 1.807) is 0 Å². The van der Waals surface area contributed by atoms with Crippen LogP contribution in [-0.2, 0) is 9.53 Å². The van der Waals surface area contributed by atoms with Crippen LogP contribution in [-0.4, -0.2) is 12.1 Å². The summed E-state index contributed by atoms with van der Waals surface area (Å²) in [7, 11) is 0. The fourth-order valence-corrected chi connectivity index (χ4v) is 0.663. The molecule has 1 unspecified atom stereocenters. The number of hydrogen-bond donors (Lipinski definition) is 0. The van der Waals surface area contributed by atoms with E-state index in [9.17, 15) is 4.79 Å². The summed E-state index contributed by atoms with van der Waals surface area (Å²) in [6.07, 6.45) is 2.94. The minimum Gasteiger partial charge on any atom is -0.463 e. The van der Waals surface area contributed by atoms with Crippen LogP contribution >= 0.6 is 0 Å². The monoisotopic (exact) mass is 144 g/mol. The average Bonchev–Trinajstić information content (AvgIpc) is 2.17. The molecule has 1 aliphatic rings. The van der Waals surface area contributed by atoms with Crippen molar-refractivity contribution in [3.63, 3.8) is 0 Å². The normalized spacial score (nSPS) is 23.1. The predicted octanol–water partition coefficient (Wildman–Crippen LogP) is 2.13. The quantitative estimate of drug-likeness (QED) is 0.487. The Morgan fingerprint density at radius 3 is 2.20 bits per heavy atom. The van der Waals surface area contributed by atoms with Crippen LogP contribution < -0.4 is 0 Å². The lowest BCUT2D eigenvalue weighted by Crippen LogP contribution is -1.98. The van der Waals surface area contributed by atoms with Gasteiger partial charge in [0.15, 0.2) is 0 Å². The number of ether oxygens (including phenoxy) is 1. The van der Waals surface area contributed by atoms with Crippen LogP contribution in [0.4, 0.5) is 0 Å². The highest BCUT2D eigenvalue weighted by Gasteiger charge is 2.17. The molecule has 1 atom stereocenters. The van der Waals surface area contributed by atoms with Crippen LogP contribution in [0.1, 0.15) is 40.0 Å². The first-order chi connectivity index (χ1) is 4.70. The van der Waals surface area contributed by atoms with Gasteiger partial charge in [-0.25, -0.2) is 0 Å². The van der Waals surface area contributed by atoms with E-state index in [-0.39, 0.29) is 12.1 Å². The van der Waals surface area contributed by atoms with Gasteiger partial charge in [0.1, 0.15) is 0 Å². The van der Waals surface area contributed by atoms with Crippen molar-refractivity contribution in [1.29, 1.82) is 0 Å². The van der Waals surface area contributed by atoms with Gasteiger partial charge in [0, 0.05) is 6.42 Å². The highest BCUT2D eigenvalue weighted by molar-refractivity contribution is 5.71. The van der Waals surface area contributed by atoms with Crippen LogP contribution in [0.3, 0.4) is 0 Å². The second-order valence-corrected chi connectivity index (χ2v) is 2.55. The molecule has 2 heteroatoms. The standard InChI is InChI=1S/C5H8O2.C3H8/c1-4-2-3-5(6)7-4;1-3-2/h4H,2-3H2,1H3;3H2,1-2H3. The van der Waals surface area contributed by atoms with E-state index in [1.165, 1.54) is 6.42 Å². The highest BCUT2D eigenvalue weighted by atomic mass is 16.5. The molecule has 0 aromatic rings. The summed E-state index contributed by atoms with van der Waals surface area (Å²) in [6, 6.07) is 0.